The van der Waals surface area contributed by atoms with Crippen molar-refractivity contribution in [2.24, 2.45) is 5.92 Å². The molecule has 0 amide bonds. The molecule has 1 saturated carbocycles. The summed E-state index contributed by atoms with van der Waals surface area (Å²) in [5.74, 6) is 1.06. The second-order valence-electron chi connectivity index (χ2n) is 11.2. The number of hydrogen-bond donors (Lipinski definition) is 3. The van der Waals surface area contributed by atoms with Gasteiger partial charge in [0.25, 0.3) is 0 Å². The van der Waals surface area contributed by atoms with Gasteiger partial charge in [0.15, 0.2) is 11.5 Å². The van der Waals surface area contributed by atoms with Crippen LogP contribution in [0.5, 0.6) is 0 Å². The van der Waals surface area contributed by atoms with E-state index in [1.165, 1.54) is 31.7 Å². The molecule has 0 spiro atoms. The van der Waals surface area contributed by atoms with E-state index in [9.17, 15) is 0 Å². The number of H-pyrrole nitrogens is 2. The predicted octanol–water partition coefficient (Wildman–Crippen LogP) is 4.73. The summed E-state index contributed by atoms with van der Waals surface area (Å²) in [6.45, 7) is 5.65. The lowest BCUT2D eigenvalue weighted by Gasteiger charge is -2.34. The zero-order valence-electron chi connectivity index (χ0n) is 22.8. The molecule has 0 unspecified atom stereocenters. The molecule has 0 radical (unpaired) electrons. The van der Waals surface area contributed by atoms with E-state index in [0.29, 0.717) is 28.2 Å². The Morgan fingerprint density at radius 2 is 1.93 bits per heavy atom. The van der Waals surface area contributed by atoms with Crippen LogP contribution in [0.25, 0.3) is 44.7 Å². The second-order valence-corrected chi connectivity index (χ2v) is 11.2. The summed E-state index contributed by atoms with van der Waals surface area (Å²) in [7, 11) is 2.15. The summed E-state index contributed by atoms with van der Waals surface area (Å²) in [4.78, 5) is 21.9. The van der Waals surface area contributed by atoms with E-state index in [1.54, 1.807) is 12.4 Å². The number of benzene rings is 1. The largest absolute Gasteiger partial charge is 0.367 e. The number of fused-ring (bicyclic) bond motifs is 2. The summed E-state index contributed by atoms with van der Waals surface area (Å²) < 4.78 is 15.3. The van der Waals surface area contributed by atoms with E-state index in [0.717, 1.165) is 72.9 Å². The number of imidazole rings is 1. The number of halogens is 1. The molecule has 1 aromatic carbocycles. The fraction of sp³-hybridized carbons (Fsp3) is 0.400. The molecule has 0 atom stereocenters. The Hall–Kier alpha value is -3.89. The summed E-state index contributed by atoms with van der Waals surface area (Å²) in [6, 6.07) is 7.40. The van der Waals surface area contributed by atoms with Crippen LogP contribution < -0.4 is 10.2 Å². The summed E-state index contributed by atoms with van der Waals surface area (Å²) in [5.41, 5.74) is 6.17. The molecule has 3 N–H and O–H groups in total. The molecule has 0 bridgehead atoms. The number of nitrogens with zero attached hydrogens (tertiary/aromatic N) is 6. The van der Waals surface area contributed by atoms with E-state index in [4.69, 9.17) is 4.98 Å². The normalized spacial score (nSPS) is 17.0. The van der Waals surface area contributed by atoms with Crippen molar-refractivity contribution in [3.63, 3.8) is 0 Å². The van der Waals surface area contributed by atoms with Gasteiger partial charge in [0, 0.05) is 73.9 Å². The van der Waals surface area contributed by atoms with Crippen LogP contribution in [0.4, 0.5) is 10.1 Å². The van der Waals surface area contributed by atoms with Crippen LogP contribution in [-0.2, 0) is 6.54 Å². The van der Waals surface area contributed by atoms with Crippen molar-refractivity contribution in [1.29, 1.82) is 0 Å². The highest BCUT2D eigenvalue weighted by Crippen LogP contribution is 2.34. The third-order valence-electron chi connectivity index (χ3n) is 8.43. The van der Waals surface area contributed by atoms with Gasteiger partial charge >= 0.3 is 0 Å². The van der Waals surface area contributed by atoms with Crippen molar-refractivity contribution < 1.29 is 4.39 Å². The Balaban J connectivity index is 1.19. The third-order valence-corrected chi connectivity index (χ3v) is 8.43. The lowest BCUT2D eigenvalue weighted by molar-refractivity contribution is 0.313. The van der Waals surface area contributed by atoms with Crippen molar-refractivity contribution in [2.75, 3.05) is 44.7 Å². The van der Waals surface area contributed by atoms with Crippen molar-refractivity contribution >= 4 is 27.8 Å². The molecule has 5 aromatic rings. The zero-order valence-corrected chi connectivity index (χ0v) is 22.8. The van der Waals surface area contributed by atoms with Crippen molar-refractivity contribution in [3.05, 3.63) is 54.2 Å². The van der Waals surface area contributed by atoms with E-state index >= 15 is 4.39 Å². The molecule has 1 saturated heterocycles. The van der Waals surface area contributed by atoms with Gasteiger partial charge in [-0.3, -0.25) is 10.1 Å². The minimum atomic E-state index is -0.316. The fourth-order valence-electron chi connectivity index (χ4n) is 6.13. The molecular formula is C30H34FN9. The maximum Gasteiger partial charge on any atom is 0.180 e. The Labute approximate surface area is 232 Å². The third kappa shape index (κ3) is 4.82. The number of piperazine rings is 1. The number of aromatic amines is 2. The van der Waals surface area contributed by atoms with Crippen LogP contribution in [0, 0.1) is 11.7 Å². The molecule has 10 heteroatoms. The smallest absolute Gasteiger partial charge is 0.180 e. The van der Waals surface area contributed by atoms with Gasteiger partial charge in [0.05, 0.1) is 11.2 Å². The van der Waals surface area contributed by atoms with Gasteiger partial charge in [0.2, 0.25) is 0 Å². The quantitative estimate of drug-likeness (QED) is 0.275. The zero-order chi connectivity index (χ0) is 27.1. The van der Waals surface area contributed by atoms with Gasteiger partial charge in [0.1, 0.15) is 17.0 Å². The lowest BCUT2D eigenvalue weighted by Crippen LogP contribution is -2.44. The topological polar surface area (TPSA) is 102 Å². The van der Waals surface area contributed by atoms with Crippen molar-refractivity contribution in [3.8, 4) is 22.6 Å². The second kappa shape index (κ2) is 10.6. The summed E-state index contributed by atoms with van der Waals surface area (Å²) >= 11 is 0. The number of anilines is 1. The molecule has 7 rings (SSSR count). The first-order valence-electron chi connectivity index (χ1n) is 14.2. The van der Waals surface area contributed by atoms with Gasteiger partial charge in [-0.2, -0.15) is 5.10 Å². The Bertz CT molecular complexity index is 1640. The van der Waals surface area contributed by atoms with E-state index < -0.39 is 0 Å². The number of hydrogen-bond acceptors (Lipinski definition) is 7. The molecule has 2 fully saturated rings. The van der Waals surface area contributed by atoms with Gasteiger partial charge < -0.3 is 20.1 Å². The van der Waals surface area contributed by atoms with E-state index in [1.807, 2.05) is 24.4 Å². The van der Waals surface area contributed by atoms with Crippen LogP contribution in [0.2, 0.25) is 0 Å². The van der Waals surface area contributed by atoms with Crippen LogP contribution in [0.3, 0.4) is 0 Å². The van der Waals surface area contributed by atoms with Crippen LogP contribution in [0.1, 0.15) is 31.2 Å². The lowest BCUT2D eigenvalue weighted by atomic mass is 10.0. The SMILES string of the molecule is CN1CCN(c2ccnc3nc(-c4n[nH]c5cc(F)c(-c6cncc(CNCC7CCCC7)c6)cc45)[nH]c23)CC1. The molecule has 1 aliphatic carbocycles. The first-order chi connectivity index (χ1) is 19.6. The number of aromatic nitrogens is 6. The van der Waals surface area contributed by atoms with Crippen LogP contribution in [0.15, 0.2) is 42.9 Å². The molecule has 4 aromatic heterocycles. The Morgan fingerprint density at radius 1 is 1.07 bits per heavy atom. The van der Waals surface area contributed by atoms with Gasteiger partial charge in [-0.1, -0.05) is 12.8 Å². The van der Waals surface area contributed by atoms with Crippen molar-refractivity contribution in [2.45, 2.75) is 32.2 Å². The van der Waals surface area contributed by atoms with Gasteiger partial charge in [-0.25, -0.2) is 14.4 Å². The number of likely N-dealkylation sites (N-methyl/N-ethyl adjacent to an activating group) is 1. The minimum absolute atomic E-state index is 0.316. The first kappa shape index (κ1) is 25.1. The molecular weight excluding hydrogens is 505 g/mol. The fourth-order valence-corrected chi connectivity index (χ4v) is 6.13. The van der Waals surface area contributed by atoms with E-state index in [2.05, 4.69) is 47.3 Å². The van der Waals surface area contributed by atoms with E-state index in [-0.39, 0.29) is 5.82 Å². The summed E-state index contributed by atoms with van der Waals surface area (Å²) in [6.07, 6.45) is 10.7. The Kier molecular flexibility index (Phi) is 6.65. The van der Waals surface area contributed by atoms with Gasteiger partial charge in [-0.05, 0) is 56.1 Å². The average molecular weight is 540 g/mol. The van der Waals surface area contributed by atoms with Gasteiger partial charge in [-0.15, -0.1) is 0 Å². The molecule has 1 aliphatic heterocycles. The van der Waals surface area contributed by atoms with Crippen molar-refractivity contribution in [1.82, 2.24) is 40.3 Å². The maximum absolute atomic E-state index is 15.3. The number of nitrogens with one attached hydrogen (secondary N) is 3. The Morgan fingerprint density at radius 3 is 2.77 bits per heavy atom. The molecule has 5 heterocycles. The molecule has 9 nitrogen and oxygen atoms in total. The predicted molar refractivity (Wildman–Crippen MR) is 156 cm³/mol. The molecule has 40 heavy (non-hydrogen) atoms. The van der Waals surface area contributed by atoms with Crippen LogP contribution in [-0.4, -0.2) is 74.8 Å². The minimum Gasteiger partial charge on any atom is -0.367 e. The van der Waals surface area contributed by atoms with Crippen LogP contribution >= 0.6 is 0 Å². The maximum atomic E-state index is 15.3. The molecule has 2 aliphatic rings. The monoisotopic (exact) mass is 539 g/mol. The highest BCUT2D eigenvalue weighted by atomic mass is 19.1. The molecule has 206 valence electrons. The first-order valence-corrected chi connectivity index (χ1v) is 14.2. The highest BCUT2D eigenvalue weighted by molar-refractivity contribution is 5.97. The standard InChI is InChI=1S/C30H34FN9/c1-39-8-10-40(11-9-39)26-6-7-34-29-28(26)35-30(36-29)27-23-13-22(24(31)14-25(23)37-38-27)21-12-20(17-33-18-21)16-32-15-19-4-2-3-5-19/h6-7,12-14,17-19,32H,2-5,8-11,15-16H2,1H3,(H,37,38)(H,34,35,36). The average Bonchev–Trinajstić information content (AvgIpc) is 3.73. The number of pyridine rings is 2. The summed E-state index contributed by atoms with van der Waals surface area (Å²) in [5, 5.41) is 11.9. The highest BCUT2D eigenvalue weighted by Gasteiger charge is 2.21. The number of rotatable bonds is 7.